The third-order valence-electron chi connectivity index (χ3n) is 9.53. The van der Waals surface area contributed by atoms with E-state index >= 15 is 0 Å². The Kier molecular flexibility index (Phi) is 12.8. The fourth-order valence-electron chi connectivity index (χ4n) is 6.75. The van der Waals surface area contributed by atoms with E-state index in [0.717, 1.165) is 56.4 Å². The number of nitrogens with zero attached hydrogens (tertiary/aromatic N) is 2. The highest BCUT2D eigenvalue weighted by atomic mass is 16.6. The van der Waals surface area contributed by atoms with Crippen LogP contribution >= 0.6 is 0 Å². The van der Waals surface area contributed by atoms with Crippen molar-refractivity contribution in [3.63, 3.8) is 0 Å². The first-order valence-corrected chi connectivity index (χ1v) is 17.1. The van der Waals surface area contributed by atoms with Gasteiger partial charge < -0.3 is 33.5 Å². The smallest absolute Gasteiger partial charge is 0.410 e. The van der Waals surface area contributed by atoms with Crippen molar-refractivity contribution in [2.45, 2.75) is 91.2 Å². The number of carbonyl (C=O) groups is 2. The molecule has 45 heavy (non-hydrogen) atoms. The topological polar surface area (TPSA) is 86.8 Å². The van der Waals surface area contributed by atoms with Crippen LogP contribution in [0.2, 0.25) is 0 Å². The second-order valence-electron chi connectivity index (χ2n) is 14.6. The van der Waals surface area contributed by atoms with Crippen LogP contribution in [-0.4, -0.2) is 93.7 Å². The van der Waals surface area contributed by atoms with Gasteiger partial charge in [0.05, 0.1) is 13.7 Å². The third-order valence-corrected chi connectivity index (χ3v) is 9.53. The van der Waals surface area contributed by atoms with E-state index in [-0.39, 0.29) is 29.8 Å². The van der Waals surface area contributed by atoms with Crippen LogP contribution in [0.3, 0.4) is 0 Å². The van der Waals surface area contributed by atoms with Crippen molar-refractivity contribution in [3.8, 4) is 11.5 Å². The summed E-state index contributed by atoms with van der Waals surface area (Å²) in [6.45, 7) is 14.8. The molecule has 0 N–H and O–H groups in total. The Bertz CT molecular complexity index is 1090. The summed E-state index contributed by atoms with van der Waals surface area (Å²) in [5, 5.41) is 0. The highest BCUT2D eigenvalue weighted by Crippen LogP contribution is 2.38. The van der Waals surface area contributed by atoms with Crippen LogP contribution in [0, 0.1) is 29.6 Å². The molecular weight excluding hydrogens is 572 g/mol. The van der Waals surface area contributed by atoms with E-state index in [2.05, 4.69) is 30.9 Å². The molecule has 9 nitrogen and oxygen atoms in total. The van der Waals surface area contributed by atoms with Crippen molar-refractivity contribution in [2.75, 3.05) is 60.3 Å². The van der Waals surface area contributed by atoms with Crippen LogP contribution in [0.1, 0.15) is 78.7 Å². The molecule has 9 heteroatoms. The van der Waals surface area contributed by atoms with Gasteiger partial charge in [-0.25, -0.2) is 4.79 Å². The lowest BCUT2D eigenvalue weighted by atomic mass is 9.78. The number of hydrogen-bond donors (Lipinski definition) is 0. The molecule has 2 heterocycles. The number of benzene rings is 1. The lowest BCUT2D eigenvalue weighted by molar-refractivity contribution is -0.140. The van der Waals surface area contributed by atoms with E-state index in [9.17, 15) is 9.59 Å². The molecule has 0 bridgehead atoms. The number of methoxy groups -OCH3 is 2. The Morgan fingerprint density at radius 3 is 2.33 bits per heavy atom. The first-order valence-electron chi connectivity index (χ1n) is 17.1. The van der Waals surface area contributed by atoms with Crippen molar-refractivity contribution in [1.82, 2.24) is 9.80 Å². The molecule has 2 amide bonds. The van der Waals surface area contributed by atoms with E-state index in [1.54, 1.807) is 14.2 Å². The molecule has 0 radical (unpaired) electrons. The van der Waals surface area contributed by atoms with E-state index in [1.165, 1.54) is 5.56 Å². The van der Waals surface area contributed by atoms with E-state index in [4.69, 9.17) is 23.7 Å². The molecule has 1 aromatic carbocycles. The minimum Gasteiger partial charge on any atom is -0.493 e. The standard InChI is InChI=1S/C36H58N2O7/c1-25(2)28(19-26-9-12-32(42-7)33(20-26)44-16-8-15-41-6)21-29-22-37(35(40)45-36(3,4)5)23-30(29)24-38(31-10-11-31)34(39)27-13-17-43-18-14-27/h9,12,20,25,27-31H,8,10-11,13-19,21-24H2,1-7H3/t28?,29-,30+/m1/s1. The van der Waals surface area contributed by atoms with Crippen LogP contribution in [-0.2, 0) is 25.4 Å². The maximum atomic E-state index is 13.8. The van der Waals surface area contributed by atoms with Crippen LogP contribution in [0.4, 0.5) is 4.79 Å². The molecule has 4 rings (SSSR count). The molecule has 0 spiro atoms. The summed E-state index contributed by atoms with van der Waals surface area (Å²) in [6.07, 6.45) is 6.18. The summed E-state index contributed by atoms with van der Waals surface area (Å²) < 4.78 is 28.2. The molecule has 254 valence electrons. The normalized spacial score (nSPS) is 21.6. The number of likely N-dealkylation sites (tertiary alicyclic amines) is 1. The predicted octanol–water partition coefficient (Wildman–Crippen LogP) is 6.22. The minimum atomic E-state index is -0.554. The van der Waals surface area contributed by atoms with E-state index in [1.807, 2.05) is 31.7 Å². The molecule has 3 fully saturated rings. The number of hydrogen-bond acceptors (Lipinski definition) is 7. The molecule has 1 aliphatic carbocycles. The van der Waals surface area contributed by atoms with E-state index < -0.39 is 5.60 Å². The summed E-state index contributed by atoms with van der Waals surface area (Å²) in [6, 6.07) is 6.58. The fraction of sp³-hybridized carbons (Fsp3) is 0.778. The molecule has 3 aliphatic rings. The van der Waals surface area contributed by atoms with Gasteiger partial charge in [-0.1, -0.05) is 19.9 Å². The van der Waals surface area contributed by atoms with Gasteiger partial charge in [-0.15, -0.1) is 0 Å². The Hall–Kier alpha value is -2.52. The first-order chi connectivity index (χ1) is 21.5. The Morgan fingerprint density at radius 2 is 1.71 bits per heavy atom. The van der Waals surface area contributed by atoms with Crippen molar-refractivity contribution in [3.05, 3.63) is 23.8 Å². The molecule has 2 saturated heterocycles. The second kappa shape index (κ2) is 16.3. The van der Waals surface area contributed by atoms with Crippen molar-refractivity contribution >= 4 is 12.0 Å². The highest BCUT2D eigenvalue weighted by molar-refractivity contribution is 5.79. The largest absolute Gasteiger partial charge is 0.493 e. The third kappa shape index (κ3) is 10.5. The van der Waals surface area contributed by atoms with Crippen LogP contribution in [0.15, 0.2) is 18.2 Å². The molecule has 1 unspecified atom stereocenters. The lowest BCUT2D eigenvalue weighted by Gasteiger charge is -2.34. The van der Waals surface area contributed by atoms with Gasteiger partial charge in [0.25, 0.3) is 0 Å². The fourth-order valence-corrected chi connectivity index (χ4v) is 6.75. The number of rotatable bonds is 15. The highest BCUT2D eigenvalue weighted by Gasteiger charge is 2.43. The first kappa shape index (κ1) is 35.3. The predicted molar refractivity (Wildman–Crippen MR) is 175 cm³/mol. The van der Waals surface area contributed by atoms with E-state index in [0.29, 0.717) is 63.9 Å². The van der Waals surface area contributed by atoms with Gasteiger partial charge in [0.15, 0.2) is 11.5 Å². The van der Waals surface area contributed by atoms with Crippen molar-refractivity contribution in [2.24, 2.45) is 29.6 Å². The van der Waals surface area contributed by atoms with Crippen molar-refractivity contribution < 1.29 is 33.3 Å². The number of ether oxygens (including phenoxy) is 5. The van der Waals surface area contributed by atoms with Crippen LogP contribution in [0.25, 0.3) is 0 Å². The second-order valence-corrected chi connectivity index (χ2v) is 14.6. The van der Waals surface area contributed by atoms with Gasteiger partial charge in [-0.3, -0.25) is 4.79 Å². The quantitative estimate of drug-likeness (QED) is 0.213. The van der Waals surface area contributed by atoms with Gasteiger partial charge in [-0.2, -0.15) is 0 Å². The Morgan fingerprint density at radius 1 is 1.00 bits per heavy atom. The van der Waals surface area contributed by atoms with Gasteiger partial charge in [0, 0.05) is 64.9 Å². The molecule has 0 aromatic heterocycles. The zero-order chi connectivity index (χ0) is 32.6. The number of amides is 2. The van der Waals surface area contributed by atoms with Crippen LogP contribution < -0.4 is 9.47 Å². The molecule has 3 atom stereocenters. The van der Waals surface area contributed by atoms with Gasteiger partial charge in [-0.05, 0) is 101 Å². The van der Waals surface area contributed by atoms with Gasteiger partial charge in [0.1, 0.15) is 5.60 Å². The Labute approximate surface area is 271 Å². The summed E-state index contributed by atoms with van der Waals surface area (Å²) in [7, 11) is 3.37. The lowest BCUT2D eigenvalue weighted by Crippen LogP contribution is -2.44. The van der Waals surface area contributed by atoms with Crippen molar-refractivity contribution in [1.29, 1.82) is 0 Å². The SMILES string of the molecule is COCCCOc1cc(CC(C[C@@H]2CN(C(=O)OC(C)(C)C)C[C@H]2CN(C(=O)C2CCOCC2)C2CC2)C(C)C)ccc1OC. The maximum absolute atomic E-state index is 13.8. The summed E-state index contributed by atoms with van der Waals surface area (Å²) in [5.74, 6) is 3.14. The summed E-state index contributed by atoms with van der Waals surface area (Å²) in [4.78, 5) is 31.1. The van der Waals surface area contributed by atoms with Crippen LogP contribution in [0.5, 0.6) is 11.5 Å². The zero-order valence-corrected chi connectivity index (χ0v) is 28.8. The number of carbonyl (C=O) groups excluding carboxylic acids is 2. The molecule has 2 aliphatic heterocycles. The average molecular weight is 631 g/mol. The monoisotopic (exact) mass is 630 g/mol. The minimum absolute atomic E-state index is 0.0468. The summed E-state index contributed by atoms with van der Waals surface area (Å²) in [5.41, 5.74) is 0.658. The molecule has 1 aromatic rings. The molecular formula is C36H58N2O7. The summed E-state index contributed by atoms with van der Waals surface area (Å²) >= 11 is 0. The zero-order valence-electron chi connectivity index (χ0n) is 28.8. The average Bonchev–Trinajstić information content (AvgIpc) is 3.77. The maximum Gasteiger partial charge on any atom is 0.410 e. The Balaban J connectivity index is 1.51. The van der Waals surface area contributed by atoms with Gasteiger partial charge >= 0.3 is 6.09 Å². The molecule has 1 saturated carbocycles. The van der Waals surface area contributed by atoms with Gasteiger partial charge in [0.2, 0.25) is 5.91 Å².